The molecule has 2 aromatic rings. The first kappa shape index (κ1) is 31.2. The molecule has 0 radical (unpaired) electrons. The second kappa shape index (κ2) is 13.4. The monoisotopic (exact) mass is 610 g/mol. The van der Waals surface area contributed by atoms with Crippen LogP contribution in [-0.2, 0) is 0 Å². The van der Waals surface area contributed by atoms with Gasteiger partial charge in [0, 0.05) is 49.7 Å². The minimum absolute atomic E-state index is 0. The largest absolute Gasteiger partial charge is 1.00 e. The Bertz CT molecular complexity index is 1720. The van der Waals surface area contributed by atoms with Gasteiger partial charge in [-0.05, 0) is 48.5 Å². The molecular formula is C30H32Cl2N6S2. The van der Waals surface area contributed by atoms with E-state index in [2.05, 4.69) is 121 Å². The van der Waals surface area contributed by atoms with E-state index in [9.17, 15) is 0 Å². The van der Waals surface area contributed by atoms with Gasteiger partial charge in [-0.1, -0.05) is 0 Å². The molecule has 0 fully saturated rings. The summed E-state index contributed by atoms with van der Waals surface area (Å²) in [5.74, 6) is 0. The highest BCUT2D eigenvalue weighted by atomic mass is 35.5. The van der Waals surface area contributed by atoms with Gasteiger partial charge < -0.3 is 35.4 Å². The zero-order valence-electron chi connectivity index (χ0n) is 23.3. The lowest BCUT2D eigenvalue weighted by atomic mass is 10.2. The summed E-state index contributed by atoms with van der Waals surface area (Å²) >= 11 is 3.57. The van der Waals surface area contributed by atoms with E-state index in [0.29, 0.717) is 0 Å². The van der Waals surface area contributed by atoms with Crippen molar-refractivity contribution in [2.75, 3.05) is 52.9 Å². The van der Waals surface area contributed by atoms with E-state index in [-0.39, 0.29) is 24.8 Å². The van der Waals surface area contributed by atoms with Crippen LogP contribution in [0.5, 0.6) is 0 Å². The summed E-state index contributed by atoms with van der Waals surface area (Å²) in [6.45, 7) is 0. The Morgan fingerprint density at radius 1 is 0.550 bits per heavy atom. The van der Waals surface area contributed by atoms with E-state index in [1.54, 1.807) is 22.7 Å². The maximum Gasteiger partial charge on any atom is 0.201 e. The molecule has 0 bridgehead atoms. The van der Waals surface area contributed by atoms with Crippen LogP contribution in [0.25, 0.3) is 41.6 Å². The first-order valence-electron chi connectivity index (χ1n) is 12.4. The maximum absolute atomic E-state index is 4.72. The normalized spacial score (nSPS) is 10.3. The average Bonchev–Trinajstić information content (AvgIpc) is 2.93. The summed E-state index contributed by atoms with van der Waals surface area (Å²) in [4.78, 5) is 11.9. The van der Waals surface area contributed by atoms with E-state index < -0.39 is 0 Å². The van der Waals surface area contributed by atoms with Crippen LogP contribution in [0.3, 0.4) is 0 Å². The third-order valence-corrected chi connectivity index (χ3v) is 8.53. The molecule has 2 heterocycles. The van der Waals surface area contributed by atoms with Gasteiger partial charge >= 0.3 is 0 Å². The van der Waals surface area contributed by atoms with Crippen molar-refractivity contribution in [2.45, 2.75) is 0 Å². The van der Waals surface area contributed by atoms with E-state index in [1.165, 1.54) is 29.9 Å². The Kier molecular flexibility index (Phi) is 10.4. The van der Waals surface area contributed by atoms with Crippen LogP contribution in [0.4, 0.5) is 11.4 Å². The predicted octanol–water partition coefficient (Wildman–Crippen LogP) is -1.04. The topological polar surface area (TPSA) is 55.9 Å². The highest BCUT2D eigenvalue weighted by Gasteiger charge is 2.10. The summed E-state index contributed by atoms with van der Waals surface area (Å²) in [6, 6.07) is 25.3. The Labute approximate surface area is 254 Å². The fourth-order valence-corrected chi connectivity index (χ4v) is 6.17. The van der Waals surface area contributed by atoms with Gasteiger partial charge in [-0.15, -0.1) is 22.7 Å². The van der Waals surface area contributed by atoms with Crippen molar-refractivity contribution in [3.05, 3.63) is 83.5 Å². The maximum atomic E-state index is 4.72. The molecule has 208 valence electrons. The molecule has 40 heavy (non-hydrogen) atoms. The van der Waals surface area contributed by atoms with E-state index >= 15 is 0 Å². The van der Waals surface area contributed by atoms with Gasteiger partial charge in [0.25, 0.3) is 0 Å². The molecule has 0 aromatic heterocycles. The number of rotatable bonds is 2. The molecule has 10 heteroatoms. The number of anilines is 2. The first-order chi connectivity index (χ1) is 18.3. The summed E-state index contributed by atoms with van der Waals surface area (Å²) in [5, 5.41) is 8.74. The minimum atomic E-state index is 0. The average molecular weight is 612 g/mol. The fraction of sp³-hybridized carbons (Fsp3) is 0.200. The molecule has 0 saturated heterocycles. The number of halogens is 2. The molecule has 0 saturated carbocycles. The zero-order valence-corrected chi connectivity index (χ0v) is 26.4. The number of aromatic nitrogens is 2. The van der Waals surface area contributed by atoms with Crippen LogP contribution < -0.4 is 55.3 Å². The van der Waals surface area contributed by atoms with Gasteiger partial charge in [0.05, 0.1) is 41.6 Å². The minimum Gasteiger partial charge on any atom is -1.00 e. The van der Waals surface area contributed by atoms with E-state index in [0.717, 1.165) is 33.8 Å². The molecule has 2 aliphatic carbocycles. The number of hydrogen-bond acceptors (Lipinski definition) is 6. The van der Waals surface area contributed by atoms with Crippen molar-refractivity contribution in [1.29, 1.82) is 0 Å². The third kappa shape index (κ3) is 6.70. The highest BCUT2D eigenvalue weighted by molar-refractivity contribution is 7.21. The fourth-order valence-electron chi connectivity index (χ4n) is 4.09. The lowest BCUT2D eigenvalue weighted by Crippen LogP contribution is -3.00. The van der Waals surface area contributed by atoms with E-state index in [1.807, 2.05) is 14.1 Å². The molecular weight excluding hydrogens is 579 g/mol. The van der Waals surface area contributed by atoms with Crippen molar-refractivity contribution in [3.63, 3.8) is 0 Å². The number of fused-ring (bicyclic) bond motifs is 4. The molecule has 6 rings (SSSR count). The van der Waals surface area contributed by atoms with Crippen LogP contribution in [0.2, 0.25) is 0 Å². The first-order valence-corrected chi connectivity index (χ1v) is 14.0. The third-order valence-electron chi connectivity index (χ3n) is 6.34. The molecule has 0 spiro atoms. The Balaban J connectivity index is 0.000000210. The van der Waals surface area contributed by atoms with Crippen molar-refractivity contribution >= 4 is 54.5 Å². The standard InChI is InChI=1S/2C15H15N3S.2ClH/c2*1-16-10-4-6-12-14(8-10)19-15-9-11(18(2)3)5-7-13(15)17-12;;/h2*4-9H,1-3H3;2*1H. The Morgan fingerprint density at radius 3 is 1.30 bits per heavy atom. The number of nitrogens with zero attached hydrogens (tertiary/aromatic N) is 4. The van der Waals surface area contributed by atoms with Crippen LogP contribution in [0.15, 0.2) is 72.8 Å². The number of hydrogen-bond donors (Lipinski definition) is 2. The quantitative estimate of drug-likeness (QED) is 0.194. The van der Waals surface area contributed by atoms with Crippen LogP contribution in [0.1, 0.15) is 0 Å². The lowest BCUT2D eigenvalue weighted by molar-refractivity contribution is -0.00100. The van der Waals surface area contributed by atoms with Gasteiger partial charge in [-0.3, -0.25) is 0 Å². The van der Waals surface area contributed by atoms with Crippen LogP contribution >= 0.6 is 22.7 Å². The smallest absolute Gasteiger partial charge is 0.201 e. The summed E-state index contributed by atoms with van der Waals surface area (Å²) in [6.07, 6.45) is 0. The van der Waals surface area contributed by atoms with Gasteiger partial charge in [0.2, 0.25) is 10.7 Å². The van der Waals surface area contributed by atoms with Gasteiger partial charge in [-0.2, -0.15) is 0 Å². The molecule has 0 atom stereocenters. The highest BCUT2D eigenvalue weighted by Crippen LogP contribution is 2.32. The lowest BCUT2D eigenvalue weighted by Gasteiger charge is -2.07. The molecule has 4 aliphatic rings. The predicted molar refractivity (Wildman–Crippen MR) is 166 cm³/mol. The Morgan fingerprint density at radius 2 is 0.950 bits per heavy atom. The molecule has 2 N–H and O–H groups in total. The molecule has 0 amide bonds. The van der Waals surface area contributed by atoms with Crippen LogP contribution in [-0.4, -0.2) is 52.3 Å². The van der Waals surface area contributed by atoms with Gasteiger partial charge in [-0.25, -0.2) is 19.1 Å². The summed E-state index contributed by atoms with van der Waals surface area (Å²) in [7, 11) is 12.1. The van der Waals surface area contributed by atoms with Crippen molar-refractivity contribution in [2.24, 2.45) is 0 Å². The van der Waals surface area contributed by atoms with E-state index in [4.69, 9.17) is 9.97 Å². The zero-order chi connectivity index (χ0) is 26.8. The number of nitrogens with one attached hydrogen (secondary N) is 2. The summed E-state index contributed by atoms with van der Waals surface area (Å²) in [5.41, 5.74) is 6.45. The van der Waals surface area contributed by atoms with Gasteiger partial charge in [0.15, 0.2) is 0 Å². The van der Waals surface area contributed by atoms with Crippen LogP contribution in [0, 0.1) is 0 Å². The second-order valence-corrected chi connectivity index (χ2v) is 11.6. The second-order valence-electron chi connectivity index (χ2n) is 9.39. The molecule has 2 aliphatic heterocycles. The molecule has 6 nitrogen and oxygen atoms in total. The van der Waals surface area contributed by atoms with Gasteiger partial charge in [0.1, 0.15) is 28.2 Å². The summed E-state index contributed by atoms with van der Waals surface area (Å²) < 4.78 is 6.63. The van der Waals surface area contributed by atoms with Crippen molar-refractivity contribution in [1.82, 2.24) is 19.1 Å². The SMILES string of the molecule is CNc1ccc2nc3ccc(=[N+](C)C)cc-3sc2c1.CNc1ccc2nc3ccc(=[N+](C)C)cc-3sc2c1.[Cl-].[Cl-]. The van der Waals surface area contributed by atoms with Crippen molar-refractivity contribution in [3.8, 4) is 21.1 Å². The van der Waals surface area contributed by atoms with Crippen molar-refractivity contribution < 1.29 is 24.8 Å². The molecule has 0 unspecified atom stereocenters. The number of benzene rings is 4. The Hall–Kier alpha value is -3.30. The molecule has 2 aromatic carbocycles.